The Hall–Kier alpha value is -0.510. The summed E-state index contributed by atoms with van der Waals surface area (Å²) in [7, 11) is 0. The molecule has 0 radical (unpaired) electrons. The Bertz CT molecular complexity index is 383. The summed E-state index contributed by atoms with van der Waals surface area (Å²) in [5.74, 6) is 0. The second kappa shape index (κ2) is 7.93. The molecule has 2 nitrogen and oxygen atoms in total. The van der Waals surface area contributed by atoms with Crippen molar-refractivity contribution in [3.8, 4) is 0 Å². The predicted molar refractivity (Wildman–Crippen MR) is 82.6 cm³/mol. The van der Waals surface area contributed by atoms with E-state index >= 15 is 0 Å². The number of aliphatic hydroxyl groups excluding tert-OH is 1. The van der Waals surface area contributed by atoms with Crippen LogP contribution >= 0.6 is 11.8 Å². The Morgan fingerprint density at radius 1 is 1.32 bits per heavy atom. The lowest BCUT2D eigenvalue weighted by Crippen LogP contribution is -2.26. The second-order valence-electron chi connectivity index (χ2n) is 5.33. The van der Waals surface area contributed by atoms with Gasteiger partial charge in [0.2, 0.25) is 0 Å². The molecule has 19 heavy (non-hydrogen) atoms. The van der Waals surface area contributed by atoms with Gasteiger partial charge in [0.05, 0.1) is 6.10 Å². The molecule has 1 aliphatic rings. The molecule has 0 bridgehead atoms. The first-order valence-corrected chi connectivity index (χ1v) is 8.32. The van der Waals surface area contributed by atoms with E-state index in [1.54, 1.807) is 0 Å². The number of benzene rings is 1. The maximum absolute atomic E-state index is 10.0. The van der Waals surface area contributed by atoms with Gasteiger partial charge in [0, 0.05) is 16.7 Å². The summed E-state index contributed by atoms with van der Waals surface area (Å²) in [6.45, 7) is 4.19. The highest BCUT2D eigenvalue weighted by atomic mass is 32.2. The molecule has 0 spiro atoms. The highest BCUT2D eigenvalue weighted by Gasteiger charge is 2.23. The molecule has 1 fully saturated rings. The highest BCUT2D eigenvalue weighted by Crippen LogP contribution is 2.34. The van der Waals surface area contributed by atoms with E-state index in [0.717, 1.165) is 25.9 Å². The first-order chi connectivity index (χ1) is 9.29. The average molecular weight is 279 g/mol. The largest absolute Gasteiger partial charge is 0.392 e. The van der Waals surface area contributed by atoms with Crippen molar-refractivity contribution < 1.29 is 5.11 Å². The molecule has 0 amide bonds. The molecular weight excluding hydrogens is 254 g/mol. The van der Waals surface area contributed by atoms with Crippen molar-refractivity contribution in [1.82, 2.24) is 5.32 Å². The molecule has 1 aliphatic carbocycles. The molecule has 2 unspecified atom stereocenters. The fourth-order valence-electron chi connectivity index (χ4n) is 2.53. The number of thioether (sulfide) groups is 1. The van der Waals surface area contributed by atoms with Crippen molar-refractivity contribution in [1.29, 1.82) is 0 Å². The molecule has 1 aromatic rings. The van der Waals surface area contributed by atoms with Crippen LogP contribution in [0.25, 0.3) is 0 Å². The minimum atomic E-state index is -0.124. The van der Waals surface area contributed by atoms with Crippen LogP contribution in [0.4, 0.5) is 0 Å². The van der Waals surface area contributed by atoms with Crippen LogP contribution < -0.4 is 5.32 Å². The van der Waals surface area contributed by atoms with Crippen LogP contribution in [0.1, 0.15) is 44.6 Å². The lowest BCUT2D eigenvalue weighted by molar-refractivity contribution is 0.137. The van der Waals surface area contributed by atoms with Crippen LogP contribution in [-0.2, 0) is 6.54 Å². The molecule has 0 saturated heterocycles. The van der Waals surface area contributed by atoms with Crippen LogP contribution in [-0.4, -0.2) is 23.0 Å². The molecule has 2 rings (SSSR count). The van der Waals surface area contributed by atoms with E-state index in [9.17, 15) is 5.11 Å². The number of hydrogen-bond acceptors (Lipinski definition) is 3. The van der Waals surface area contributed by atoms with Crippen LogP contribution in [0.3, 0.4) is 0 Å². The van der Waals surface area contributed by atoms with Crippen LogP contribution in [0.2, 0.25) is 0 Å². The van der Waals surface area contributed by atoms with Gasteiger partial charge in [-0.05, 0) is 43.5 Å². The smallest absolute Gasteiger partial charge is 0.0662 e. The zero-order chi connectivity index (χ0) is 13.5. The van der Waals surface area contributed by atoms with Crippen LogP contribution in [0.5, 0.6) is 0 Å². The van der Waals surface area contributed by atoms with E-state index in [0.29, 0.717) is 5.25 Å². The van der Waals surface area contributed by atoms with Gasteiger partial charge in [-0.1, -0.05) is 31.9 Å². The van der Waals surface area contributed by atoms with E-state index in [1.165, 1.54) is 29.7 Å². The molecule has 1 aromatic carbocycles. The highest BCUT2D eigenvalue weighted by molar-refractivity contribution is 8.00. The van der Waals surface area contributed by atoms with Crippen LogP contribution in [0.15, 0.2) is 29.2 Å². The van der Waals surface area contributed by atoms with Crippen molar-refractivity contribution >= 4 is 11.8 Å². The molecule has 2 atom stereocenters. The summed E-state index contributed by atoms with van der Waals surface area (Å²) in [5.41, 5.74) is 1.34. The molecule has 2 N–H and O–H groups in total. The normalized spacial score (nSPS) is 23.5. The van der Waals surface area contributed by atoms with Gasteiger partial charge in [-0.2, -0.15) is 0 Å². The molecule has 106 valence electrons. The Morgan fingerprint density at radius 3 is 2.95 bits per heavy atom. The lowest BCUT2D eigenvalue weighted by atomic mass is 9.97. The number of aliphatic hydroxyl groups is 1. The topological polar surface area (TPSA) is 32.3 Å². The van der Waals surface area contributed by atoms with Gasteiger partial charge in [0.15, 0.2) is 0 Å². The van der Waals surface area contributed by atoms with Crippen LogP contribution in [0, 0.1) is 0 Å². The van der Waals surface area contributed by atoms with E-state index in [4.69, 9.17) is 0 Å². The third-order valence-corrected chi connectivity index (χ3v) is 4.99. The Labute approximate surface area is 121 Å². The second-order valence-corrected chi connectivity index (χ2v) is 6.64. The van der Waals surface area contributed by atoms with Gasteiger partial charge in [-0.15, -0.1) is 11.8 Å². The van der Waals surface area contributed by atoms with Crippen molar-refractivity contribution in [2.45, 2.75) is 61.8 Å². The minimum absolute atomic E-state index is 0.124. The fourth-order valence-corrected chi connectivity index (χ4v) is 3.83. The first-order valence-electron chi connectivity index (χ1n) is 7.44. The zero-order valence-electron chi connectivity index (χ0n) is 11.8. The van der Waals surface area contributed by atoms with Crippen molar-refractivity contribution in [2.24, 2.45) is 0 Å². The maximum Gasteiger partial charge on any atom is 0.0662 e. The standard InChI is InChI=1S/C16H25NOS/c1-2-10-17-12-13-6-5-7-14(11-13)19-16-9-4-3-8-15(16)18/h5-7,11,15-18H,2-4,8-10,12H2,1H3. The summed E-state index contributed by atoms with van der Waals surface area (Å²) in [6, 6.07) is 8.72. The van der Waals surface area contributed by atoms with Crippen molar-refractivity contribution in [3.05, 3.63) is 29.8 Å². The predicted octanol–water partition coefficient (Wildman–Crippen LogP) is 3.58. The van der Waals surface area contributed by atoms with Gasteiger partial charge >= 0.3 is 0 Å². The van der Waals surface area contributed by atoms with Crippen molar-refractivity contribution in [2.75, 3.05) is 6.54 Å². The van der Waals surface area contributed by atoms with Gasteiger partial charge in [-0.3, -0.25) is 0 Å². The molecule has 1 saturated carbocycles. The van der Waals surface area contributed by atoms with Gasteiger partial charge in [-0.25, -0.2) is 0 Å². The van der Waals surface area contributed by atoms with Crippen molar-refractivity contribution in [3.63, 3.8) is 0 Å². The quantitative estimate of drug-likeness (QED) is 0.781. The molecular formula is C16H25NOS. The Morgan fingerprint density at radius 2 is 2.16 bits per heavy atom. The van der Waals surface area contributed by atoms with E-state index in [2.05, 4.69) is 36.5 Å². The van der Waals surface area contributed by atoms with E-state index in [1.807, 2.05) is 11.8 Å². The van der Waals surface area contributed by atoms with E-state index < -0.39 is 0 Å². The third-order valence-electron chi connectivity index (χ3n) is 3.61. The lowest BCUT2D eigenvalue weighted by Gasteiger charge is -2.27. The Balaban J connectivity index is 1.90. The zero-order valence-corrected chi connectivity index (χ0v) is 12.6. The first kappa shape index (κ1) is 14.9. The summed E-state index contributed by atoms with van der Waals surface area (Å²) in [5, 5.41) is 13.9. The fraction of sp³-hybridized carbons (Fsp3) is 0.625. The monoisotopic (exact) mass is 279 g/mol. The number of rotatable bonds is 6. The summed E-state index contributed by atoms with van der Waals surface area (Å²) in [6.07, 6.45) is 5.59. The molecule has 3 heteroatoms. The Kier molecular flexibility index (Phi) is 6.21. The third kappa shape index (κ3) is 4.83. The molecule has 0 heterocycles. The minimum Gasteiger partial charge on any atom is -0.392 e. The summed E-state index contributed by atoms with van der Waals surface area (Å²) in [4.78, 5) is 1.29. The summed E-state index contributed by atoms with van der Waals surface area (Å²) < 4.78 is 0. The average Bonchev–Trinajstić information content (AvgIpc) is 2.42. The number of nitrogens with one attached hydrogen (secondary N) is 1. The summed E-state index contributed by atoms with van der Waals surface area (Å²) >= 11 is 1.85. The van der Waals surface area contributed by atoms with Gasteiger partial charge in [0.1, 0.15) is 0 Å². The van der Waals surface area contributed by atoms with E-state index in [-0.39, 0.29) is 6.10 Å². The molecule has 0 aromatic heterocycles. The molecule has 0 aliphatic heterocycles. The number of hydrogen-bond donors (Lipinski definition) is 2. The maximum atomic E-state index is 10.0. The SMILES string of the molecule is CCCNCc1cccc(SC2CCCCC2O)c1. The van der Waals surface area contributed by atoms with Gasteiger partial charge < -0.3 is 10.4 Å². The van der Waals surface area contributed by atoms with Gasteiger partial charge in [0.25, 0.3) is 0 Å².